The highest BCUT2D eigenvalue weighted by atomic mass is 31.1. The van der Waals surface area contributed by atoms with Gasteiger partial charge in [-0.2, -0.15) is 0 Å². The van der Waals surface area contributed by atoms with Crippen LogP contribution in [-0.4, -0.2) is 5.80 Å². The molecule has 0 saturated heterocycles. The van der Waals surface area contributed by atoms with Crippen LogP contribution < -0.4 is 0 Å². The van der Waals surface area contributed by atoms with Crippen molar-refractivity contribution in [3.05, 3.63) is 47.5 Å². The quantitative estimate of drug-likeness (QED) is 0.512. The van der Waals surface area contributed by atoms with Crippen LogP contribution in [0.2, 0.25) is 0 Å². The van der Waals surface area contributed by atoms with E-state index in [0.717, 1.165) is 12.6 Å². The fourth-order valence-corrected chi connectivity index (χ4v) is 1.91. The van der Waals surface area contributed by atoms with Crippen molar-refractivity contribution in [1.29, 1.82) is 0 Å². The van der Waals surface area contributed by atoms with Crippen molar-refractivity contribution in [2.75, 3.05) is 0 Å². The highest BCUT2D eigenvalue weighted by Crippen LogP contribution is 2.12. The van der Waals surface area contributed by atoms with E-state index < -0.39 is 0 Å². The van der Waals surface area contributed by atoms with E-state index in [0.29, 0.717) is 0 Å². The first-order valence-electron chi connectivity index (χ1n) is 4.89. The highest BCUT2D eigenvalue weighted by Gasteiger charge is 1.93. The zero-order valence-electron chi connectivity index (χ0n) is 8.96. The minimum atomic E-state index is 0.998. The summed E-state index contributed by atoms with van der Waals surface area (Å²) in [6.45, 7) is 8.08. The standard InChI is InChI=1S/C13H17P/c1-4-14-10-13-7-5-12(6-8-13)9-11(2)3/h4-8H,2,9-10H2,1,3H3. The van der Waals surface area contributed by atoms with E-state index in [-0.39, 0.29) is 0 Å². The van der Waals surface area contributed by atoms with Gasteiger partial charge in [0.05, 0.1) is 0 Å². The van der Waals surface area contributed by atoms with E-state index in [1.54, 1.807) is 0 Å². The Morgan fingerprint density at radius 1 is 1.29 bits per heavy atom. The summed E-state index contributed by atoms with van der Waals surface area (Å²) in [4.78, 5) is 0. The maximum atomic E-state index is 3.92. The molecule has 1 rings (SSSR count). The van der Waals surface area contributed by atoms with Crippen molar-refractivity contribution in [2.24, 2.45) is 0 Å². The Kier molecular flexibility index (Phi) is 4.62. The number of allylic oxidation sites excluding steroid dienone is 1. The predicted octanol–water partition coefficient (Wildman–Crippen LogP) is 4.07. The first-order chi connectivity index (χ1) is 6.72. The van der Waals surface area contributed by atoms with Crippen LogP contribution in [0.3, 0.4) is 0 Å². The Balaban J connectivity index is 2.63. The molecule has 0 aliphatic carbocycles. The lowest BCUT2D eigenvalue weighted by atomic mass is 10.1. The Hall–Kier alpha value is -0.870. The molecule has 0 atom stereocenters. The minimum absolute atomic E-state index is 0.998. The lowest BCUT2D eigenvalue weighted by Gasteiger charge is -2.01. The van der Waals surface area contributed by atoms with Gasteiger partial charge < -0.3 is 0 Å². The lowest BCUT2D eigenvalue weighted by Crippen LogP contribution is -1.86. The summed E-state index contributed by atoms with van der Waals surface area (Å²) in [5.41, 5.74) is 3.99. The normalized spacial score (nSPS) is 10.7. The van der Waals surface area contributed by atoms with Crippen LogP contribution >= 0.6 is 8.20 Å². The third-order valence-corrected chi connectivity index (χ3v) is 2.90. The van der Waals surface area contributed by atoms with Crippen LogP contribution in [0.4, 0.5) is 0 Å². The second-order valence-corrected chi connectivity index (χ2v) is 4.75. The molecule has 0 nitrogen and oxygen atoms in total. The topological polar surface area (TPSA) is 0 Å². The summed E-state index contributed by atoms with van der Waals surface area (Å²) in [5.74, 6) is 2.18. The van der Waals surface area contributed by atoms with Crippen LogP contribution in [0.15, 0.2) is 36.4 Å². The Morgan fingerprint density at radius 2 is 1.86 bits per heavy atom. The van der Waals surface area contributed by atoms with E-state index in [1.165, 1.54) is 24.9 Å². The molecule has 0 heterocycles. The molecular weight excluding hydrogens is 187 g/mol. The molecule has 0 aromatic heterocycles. The van der Waals surface area contributed by atoms with Gasteiger partial charge in [0, 0.05) is 6.16 Å². The summed E-state index contributed by atoms with van der Waals surface area (Å²) in [6.07, 6.45) is 2.13. The molecule has 0 bridgehead atoms. The molecular formula is C13H17P. The molecule has 0 saturated carbocycles. The SMILES string of the molecule is C=C(C)Cc1ccc(CP=CC)cc1. The molecule has 14 heavy (non-hydrogen) atoms. The van der Waals surface area contributed by atoms with Gasteiger partial charge in [0.25, 0.3) is 0 Å². The van der Waals surface area contributed by atoms with Crippen molar-refractivity contribution < 1.29 is 0 Å². The molecule has 0 fully saturated rings. The monoisotopic (exact) mass is 204 g/mol. The van der Waals surface area contributed by atoms with Gasteiger partial charge in [-0.25, -0.2) is 0 Å². The van der Waals surface area contributed by atoms with Crippen LogP contribution in [0.25, 0.3) is 0 Å². The fourth-order valence-electron chi connectivity index (χ4n) is 1.31. The van der Waals surface area contributed by atoms with Crippen molar-refractivity contribution >= 4 is 14.0 Å². The van der Waals surface area contributed by atoms with Crippen LogP contribution in [0, 0.1) is 0 Å². The second-order valence-electron chi connectivity index (χ2n) is 3.55. The van der Waals surface area contributed by atoms with Crippen LogP contribution in [0.1, 0.15) is 25.0 Å². The number of hydrogen-bond donors (Lipinski definition) is 0. The summed E-state index contributed by atoms with van der Waals surface area (Å²) >= 11 is 0. The molecule has 74 valence electrons. The molecule has 0 aliphatic heterocycles. The fraction of sp³-hybridized carbons (Fsp3) is 0.308. The third-order valence-electron chi connectivity index (χ3n) is 1.99. The first kappa shape index (κ1) is 11.2. The number of rotatable bonds is 4. The smallest absolute Gasteiger partial charge is 0.0142 e. The summed E-state index contributed by atoms with van der Waals surface area (Å²) < 4.78 is 0. The summed E-state index contributed by atoms with van der Waals surface area (Å²) in [7, 11) is 1.39. The third kappa shape index (κ3) is 3.89. The summed E-state index contributed by atoms with van der Waals surface area (Å²) in [6, 6.07) is 8.84. The first-order valence-corrected chi connectivity index (χ1v) is 6.04. The van der Waals surface area contributed by atoms with Crippen molar-refractivity contribution in [1.82, 2.24) is 0 Å². The molecule has 0 N–H and O–H groups in total. The van der Waals surface area contributed by atoms with E-state index in [9.17, 15) is 0 Å². The average Bonchev–Trinajstić information content (AvgIpc) is 2.16. The molecule has 0 radical (unpaired) electrons. The Morgan fingerprint density at radius 3 is 2.36 bits per heavy atom. The van der Waals surface area contributed by atoms with Gasteiger partial charge in [-0.1, -0.05) is 42.2 Å². The maximum Gasteiger partial charge on any atom is 0.0142 e. The minimum Gasteiger partial charge on any atom is -0.104 e. The van der Waals surface area contributed by atoms with Gasteiger partial charge in [-0.3, -0.25) is 0 Å². The zero-order chi connectivity index (χ0) is 10.4. The van der Waals surface area contributed by atoms with E-state index in [4.69, 9.17) is 0 Å². The van der Waals surface area contributed by atoms with Crippen LogP contribution in [0.5, 0.6) is 0 Å². The van der Waals surface area contributed by atoms with Gasteiger partial charge in [0.2, 0.25) is 0 Å². The van der Waals surface area contributed by atoms with Crippen LogP contribution in [-0.2, 0) is 12.6 Å². The molecule has 0 amide bonds. The molecule has 1 aromatic rings. The Bertz CT molecular complexity index is 320. The molecule has 0 aliphatic rings. The van der Waals surface area contributed by atoms with E-state index in [1.807, 2.05) is 0 Å². The second kappa shape index (κ2) is 5.78. The molecule has 1 heteroatoms. The van der Waals surface area contributed by atoms with Crippen molar-refractivity contribution in [3.63, 3.8) is 0 Å². The van der Waals surface area contributed by atoms with E-state index >= 15 is 0 Å². The number of benzene rings is 1. The molecule has 1 aromatic carbocycles. The Labute approximate surface area is 88.5 Å². The van der Waals surface area contributed by atoms with Gasteiger partial charge >= 0.3 is 0 Å². The maximum absolute atomic E-state index is 3.92. The lowest BCUT2D eigenvalue weighted by molar-refractivity contribution is 1.15. The van der Waals surface area contributed by atoms with Gasteiger partial charge in [0.1, 0.15) is 0 Å². The van der Waals surface area contributed by atoms with Gasteiger partial charge in [-0.15, -0.1) is 8.20 Å². The largest absolute Gasteiger partial charge is 0.104 e. The summed E-state index contributed by atoms with van der Waals surface area (Å²) in [5, 5.41) is 0. The average molecular weight is 204 g/mol. The number of hydrogen-bond acceptors (Lipinski definition) is 0. The van der Waals surface area contributed by atoms with E-state index in [2.05, 4.69) is 50.5 Å². The predicted molar refractivity (Wildman–Crippen MR) is 67.3 cm³/mol. The van der Waals surface area contributed by atoms with Crippen molar-refractivity contribution in [2.45, 2.75) is 26.4 Å². The van der Waals surface area contributed by atoms with Gasteiger partial charge in [-0.05, 0) is 31.4 Å². The molecule has 0 spiro atoms. The highest BCUT2D eigenvalue weighted by molar-refractivity contribution is 7.37. The molecule has 0 unspecified atom stereocenters. The van der Waals surface area contributed by atoms with Gasteiger partial charge in [0.15, 0.2) is 0 Å². The van der Waals surface area contributed by atoms with Crippen molar-refractivity contribution in [3.8, 4) is 0 Å². The zero-order valence-corrected chi connectivity index (χ0v) is 9.85.